The number of phenolic OH excluding ortho intramolecular Hbond substituents is 1. The molecule has 0 saturated heterocycles. The topological polar surface area (TPSA) is 116 Å². The molecule has 1 saturated carbocycles. The lowest BCUT2D eigenvalue weighted by Crippen LogP contribution is -2.48. The van der Waals surface area contributed by atoms with Crippen LogP contribution in [0.5, 0.6) is 5.75 Å². The van der Waals surface area contributed by atoms with Gasteiger partial charge >= 0.3 is 0 Å². The maximum atomic E-state index is 14.5. The Hall–Kier alpha value is -2.95. The van der Waals surface area contributed by atoms with E-state index in [0.29, 0.717) is 18.4 Å². The number of nitrogens with one attached hydrogen (secondary N) is 2. The second-order valence-electron chi connectivity index (χ2n) is 8.13. The standard InChI is InChI=1S/C22H21ClFN3O5S/c1-27(2)33(31,32)21-13(23)8-9-15(18(21)28)25-16-17(20(30)19(16)29)26-22(10-5-11-22)12-6-3-4-7-14(12)24/h3-4,6-9,25-26,28H,5,10-11H2,1-2H3. The molecule has 33 heavy (non-hydrogen) atoms. The second-order valence-corrected chi connectivity index (χ2v) is 10.6. The van der Waals surface area contributed by atoms with Crippen LogP contribution in [0.4, 0.5) is 21.5 Å². The smallest absolute Gasteiger partial charge is 0.253 e. The molecule has 0 amide bonds. The summed E-state index contributed by atoms with van der Waals surface area (Å²) >= 11 is 6.02. The summed E-state index contributed by atoms with van der Waals surface area (Å²) < 4.78 is 40.5. The highest BCUT2D eigenvalue weighted by Gasteiger charge is 2.42. The summed E-state index contributed by atoms with van der Waals surface area (Å²) in [5.41, 5.74) is -2.39. The highest BCUT2D eigenvalue weighted by Crippen LogP contribution is 2.46. The molecule has 3 N–H and O–H groups in total. The molecule has 174 valence electrons. The van der Waals surface area contributed by atoms with Gasteiger partial charge in [0.25, 0.3) is 10.9 Å². The minimum Gasteiger partial charge on any atom is -0.504 e. The number of aromatic hydroxyl groups is 1. The van der Waals surface area contributed by atoms with Crippen molar-refractivity contribution in [3.8, 4) is 5.75 Å². The Morgan fingerprint density at radius 1 is 1.06 bits per heavy atom. The number of hydrogen-bond donors (Lipinski definition) is 3. The molecular weight excluding hydrogens is 473 g/mol. The molecule has 3 aromatic rings. The molecule has 0 spiro atoms. The predicted molar refractivity (Wildman–Crippen MR) is 124 cm³/mol. The molecule has 11 heteroatoms. The molecular formula is C22H21ClFN3O5S. The SMILES string of the molecule is CN(C)S(=O)(=O)c1c(Cl)ccc(Nc2c(NC3(c4ccccc4F)CCC3)c(=O)c2=O)c1O. The molecule has 0 bridgehead atoms. The molecule has 0 radical (unpaired) electrons. The van der Waals surface area contributed by atoms with E-state index in [0.717, 1.165) is 10.7 Å². The average Bonchev–Trinajstić information content (AvgIpc) is 2.73. The van der Waals surface area contributed by atoms with Gasteiger partial charge in [-0.2, -0.15) is 0 Å². The van der Waals surface area contributed by atoms with Crippen LogP contribution in [0.15, 0.2) is 50.9 Å². The molecule has 4 rings (SSSR count). The first-order chi connectivity index (χ1) is 15.5. The lowest BCUT2D eigenvalue weighted by atomic mass is 9.71. The van der Waals surface area contributed by atoms with Crippen molar-refractivity contribution >= 4 is 38.7 Å². The number of phenols is 1. The quantitative estimate of drug-likeness (QED) is 0.341. The summed E-state index contributed by atoms with van der Waals surface area (Å²) in [6.45, 7) is 0. The van der Waals surface area contributed by atoms with Gasteiger partial charge in [-0.3, -0.25) is 9.59 Å². The van der Waals surface area contributed by atoms with E-state index < -0.39 is 42.9 Å². The third-order valence-corrected chi connectivity index (χ3v) is 8.27. The van der Waals surface area contributed by atoms with Gasteiger partial charge in [0.05, 0.1) is 16.2 Å². The lowest BCUT2D eigenvalue weighted by Gasteiger charge is -2.44. The van der Waals surface area contributed by atoms with Crippen molar-refractivity contribution in [2.24, 2.45) is 0 Å². The minimum atomic E-state index is -4.10. The van der Waals surface area contributed by atoms with Crippen molar-refractivity contribution in [3.63, 3.8) is 0 Å². The number of sulfonamides is 1. The Bertz CT molecular complexity index is 1430. The van der Waals surface area contributed by atoms with Gasteiger partial charge in [0.2, 0.25) is 10.0 Å². The van der Waals surface area contributed by atoms with Gasteiger partial charge in [0, 0.05) is 19.7 Å². The zero-order valence-electron chi connectivity index (χ0n) is 17.8. The van der Waals surface area contributed by atoms with Crippen molar-refractivity contribution in [3.05, 3.63) is 73.2 Å². The fraction of sp³-hybridized carbons (Fsp3) is 0.273. The average molecular weight is 494 g/mol. The van der Waals surface area contributed by atoms with Gasteiger partial charge in [0.15, 0.2) is 5.75 Å². The maximum Gasteiger partial charge on any atom is 0.253 e. The van der Waals surface area contributed by atoms with Crippen molar-refractivity contribution in [1.29, 1.82) is 0 Å². The zero-order chi connectivity index (χ0) is 24.1. The van der Waals surface area contributed by atoms with E-state index in [4.69, 9.17) is 11.6 Å². The Morgan fingerprint density at radius 3 is 2.27 bits per heavy atom. The van der Waals surface area contributed by atoms with Gasteiger partial charge in [-0.1, -0.05) is 29.8 Å². The number of rotatable bonds is 7. The first kappa shape index (κ1) is 23.2. The van der Waals surface area contributed by atoms with Crippen molar-refractivity contribution < 1.29 is 17.9 Å². The largest absolute Gasteiger partial charge is 0.504 e. The Morgan fingerprint density at radius 2 is 1.70 bits per heavy atom. The van der Waals surface area contributed by atoms with Crippen LogP contribution in [-0.2, 0) is 15.6 Å². The van der Waals surface area contributed by atoms with Gasteiger partial charge in [-0.25, -0.2) is 17.1 Å². The summed E-state index contributed by atoms with van der Waals surface area (Å²) in [6.07, 6.45) is 1.93. The van der Waals surface area contributed by atoms with Gasteiger partial charge in [0.1, 0.15) is 22.1 Å². The molecule has 0 aliphatic heterocycles. The Labute approximate surface area is 194 Å². The minimum absolute atomic E-state index is 0.0469. The fourth-order valence-electron chi connectivity index (χ4n) is 3.92. The number of hydrogen-bond acceptors (Lipinski definition) is 7. The first-order valence-corrected chi connectivity index (χ1v) is 11.9. The van der Waals surface area contributed by atoms with Gasteiger partial charge < -0.3 is 15.7 Å². The number of halogens is 2. The zero-order valence-corrected chi connectivity index (χ0v) is 19.3. The molecule has 0 atom stereocenters. The molecule has 0 aromatic heterocycles. The third-order valence-electron chi connectivity index (χ3n) is 5.95. The Balaban J connectivity index is 1.72. The number of nitrogens with zero attached hydrogens (tertiary/aromatic N) is 1. The van der Waals surface area contributed by atoms with Crippen LogP contribution in [-0.4, -0.2) is 31.9 Å². The molecule has 3 aromatic carbocycles. The summed E-state index contributed by atoms with van der Waals surface area (Å²) in [5.74, 6) is -1.12. The van der Waals surface area contributed by atoms with Crippen LogP contribution in [0.2, 0.25) is 5.02 Å². The highest BCUT2D eigenvalue weighted by molar-refractivity contribution is 7.89. The highest BCUT2D eigenvalue weighted by atomic mass is 35.5. The molecule has 1 fully saturated rings. The third kappa shape index (κ3) is 3.68. The van der Waals surface area contributed by atoms with Crippen molar-refractivity contribution in [2.75, 3.05) is 24.7 Å². The summed E-state index contributed by atoms with van der Waals surface area (Å²) in [6, 6.07) is 8.77. The molecule has 8 nitrogen and oxygen atoms in total. The Kier molecular flexibility index (Phi) is 5.71. The monoisotopic (exact) mass is 493 g/mol. The van der Waals surface area contributed by atoms with E-state index in [1.54, 1.807) is 18.2 Å². The first-order valence-electron chi connectivity index (χ1n) is 10.1. The normalized spacial score (nSPS) is 15.4. The van der Waals surface area contributed by atoms with Gasteiger partial charge in [-0.15, -0.1) is 0 Å². The molecule has 1 aliphatic carbocycles. The van der Waals surface area contributed by atoms with E-state index in [-0.39, 0.29) is 22.1 Å². The van der Waals surface area contributed by atoms with E-state index in [1.165, 1.54) is 32.3 Å². The number of benzene rings is 2. The summed E-state index contributed by atoms with van der Waals surface area (Å²) in [5, 5.41) is 16.1. The van der Waals surface area contributed by atoms with E-state index in [9.17, 15) is 27.5 Å². The summed E-state index contributed by atoms with van der Waals surface area (Å²) in [4.78, 5) is 24.1. The van der Waals surface area contributed by atoms with Crippen LogP contribution in [0.1, 0.15) is 24.8 Å². The summed E-state index contributed by atoms with van der Waals surface area (Å²) in [7, 11) is -1.54. The van der Waals surface area contributed by atoms with Crippen molar-refractivity contribution in [1.82, 2.24) is 4.31 Å². The second kappa shape index (κ2) is 8.12. The van der Waals surface area contributed by atoms with Crippen LogP contribution < -0.4 is 21.5 Å². The molecule has 1 aliphatic rings. The molecule has 0 heterocycles. The lowest BCUT2D eigenvalue weighted by molar-refractivity contribution is 0.274. The van der Waals surface area contributed by atoms with Crippen LogP contribution in [0.3, 0.4) is 0 Å². The van der Waals surface area contributed by atoms with E-state index in [1.807, 2.05) is 0 Å². The van der Waals surface area contributed by atoms with E-state index >= 15 is 0 Å². The molecule has 0 unspecified atom stereocenters. The maximum absolute atomic E-state index is 14.5. The predicted octanol–water partition coefficient (Wildman–Crippen LogP) is 3.27. The van der Waals surface area contributed by atoms with Crippen LogP contribution >= 0.6 is 11.6 Å². The van der Waals surface area contributed by atoms with Crippen LogP contribution in [0, 0.1) is 5.82 Å². The van der Waals surface area contributed by atoms with Crippen LogP contribution in [0.25, 0.3) is 0 Å². The fourth-order valence-corrected chi connectivity index (χ4v) is 5.40. The number of anilines is 3. The van der Waals surface area contributed by atoms with Gasteiger partial charge in [-0.05, 0) is 37.5 Å². The van der Waals surface area contributed by atoms with E-state index in [2.05, 4.69) is 10.6 Å². The van der Waals surface area contributed by atoms with Crippen molar-refractivity contribution in [2.45, 2.75) is 29.7 Å².